The van der Waals surface area contributed by atoms with E-state index in [2.05, 4.69) is 41.4 Å². The van der Waals surface area contributed by atoms with E-state index in [9.17, 15) is 4.79 Å². The fraction of sp³-hybridized carbons (Fsp3) is 0.409. The molecule has 0 saturated carbocycles. The second-order valence-electron chi connectivity index (χ2n) is 7.24. The van der Waals surface area contributed by atoms with Gasteiger partial charge in [0.25, 0.3) is 5.91 Å². The first-order valence-corrected chi connectivity index (χ1v) is 10.2. The van der Waals surface area contributed by atoms with E-state index in [1.807, 2.05) is 0 Å². The Morgan fingerprint density at radius 1 is 1.21 bits per heavy atom. The van der Waals surface area contributed by atoms with Crippen LogP contribution in [0.4, 0.5) is 0 Å². The minimum Gasteiger partial charge on any atom is -0.486 e. The van der Waals surface area contributed by atoms with Crippen molar-refractivity contribution in [1.29, 1.82) is 0 Å². The molecule has 0 fully saturated rings. The van der Waals surface area contributed by atoms with E-state index < -0.39 is 0 Å². The molecule has 4 rings (SSSR count). The average molecular weight is 401 g/mol. The number of amides is 1. The monoisotopic (exact) mass is 400 g/mol. The van der Waals surface area contributed by atoms with Gasteiger partial charge in [-0.25, -0.2) is 0 Å². The summed E-state index contributed by atoms with van der Waals surface area (Å²) in [6.45, 7) is 5.64. The summed E-state index contributed by atoms with van der Waals surface area (Å²) in [5.74, 6) is 0.904. The molecule has 2 heterocycles. The first-order chi connectivity index (χ1) is 13.7. The van der Waals surface area contributed by atoms with Crippen molar-refractivity contribution in [2.45, 2.75) is 32.4 Å². The maximum absolute atomic E-state index is 12.7. The molecule has 148 valence electrons. The standard InChI is InChI=1S/C22H25ClN2O3/c1-2-18(25-8-7-15-5-3-4-6-16(15)14-25)13-24-22(26)17-11-19(23)21-20(12-17)27-9-10-28-21/h3-6,11-12,18H,2,7-10,13-14H2,1H3,(H,24,26). The lowest BCUT2D eigenvalue weighted by Gasteiger charge is -2.35. The molecule has 2 aliphatic rings. The topological polar surface area (TPSA) is 50.8 Å². The number of hydrogen-bond donors (Lipinski definition) is 1. The zero-order valence-corrected chi connectivity index (χ0v) is 16.8. The zero-order valence-electron chi connectivity index (χ0n) is 16.0. The highest BCUT2D eigenvalue weighted by Gasteiger charge is 2.24. The van der Waals surface area contributed by atoms with Crippen molar-refractivity contribution in [3.8, 4) is 11.5 Å². The third-order valence-corrected chi connectivity index (χ3v) is 5.79. The van der Waals surface area contributed by atoms with E-state index in [0.29, 0.717) is 47.9 Å². The van der Waals surface area contributed by atoms with Gasteiger partial charge in [-0.3, -0.25) is 9.69 Å². The molecule has 28 heavy (non-hydrogen) atoms. The summed E-state index contributed by atoms with van der Waals surface area (Å²) in [4.78, 5) is 15.2. The molecule has 2 aromatic carbocycles. The summed E-state index contributed by atoms with van der Waals surface area (Å²) in [6, 6.07) is 12.2. The number of nitrogens with one attached hydrogen (secondary N) is 1. The Morgan fingerprint density at radius 2 is 2.00 bits per heavy atom. The number of ether oxygens (including phenoxy) is 2. The second kappa shape index (κ2) is 8.41. The Labute approximate surface area is 170 Å². The second-order valence-corrected chi connectivity index (χ2v) is 7.65. The predicted molar refractivity (Wildman–Crippen MR) is 109 cm³/mol. The SMILES string of the molecule is CCC(CNC(=O)c1cc(Cl)c2c(c1)OCCO2)N1CCc2ccccc2C1. The minimum atomic E-state index is -0.144. The summed E-state index contributed by atoms with van der Waals surface area (Å²) in [6.07, 6.45) is 2.03. The number of fused-ring (bicyclic) bond motifs is 2. The van der Waals surface area contributed by atoms with Gasteiger partial charge in [0, 0.05) is 31.2 Å². The Kier molecular flexibility index (Phi) is 5.74. The lowest BCUT2D eigenvalue weighted by molar-refractivity contribution is 0.0925. The van der Waals surface area contributed by atoms with Gasteiger partial charge in [0.1, 0.15) is 13.2 Å². The Bertz CT molecular complexity index is 871. The maximum atomic E-state index is 12.7. The highest BCUT2D eigenvalue weighted by atomic mass is 35.5. The van der Waals surface area contributed by atoms with E-state index in [1.54, 1.807) is 12.1 Å². The van der Waals surface area contributed by atoms with E-state index in [1.165, 1.54) is 11.1 Å². The molecule has 0 aromatic heterocycles. The first-order valence-electron chi connectivity index (χ1n) is 9.84. The van der Waals surface area contributed by atoms with Crippen molar-refractivity contribution in [2.24, 2.45) is 0 Å². The number of hydrogen-bond acceptors (Lipinski definition) is 4. The van der Waals surface area contributed by atoms with Crippen LogP contribution in [0.5, 0.6) is 11.5 Å². The summed E-state index contributed by atoms with van der Waals surface area (Å²) >= 11 is 6.26. The fourth-order valence-corrected chi connectivity index (χ4v) is 4.18. The van der Waals surface area contributed by atoms with Crippen LogP contribution in [0.25, 0.3) is 0 Å². The highest BCUT2D eigenvalue weighted by molar-refractivity contribution is 6.32. The van der Waals surface area contributed by atoms with Gasteiger partial charge >= 0.3 is 0 Å². The molecule has 1 atom stereocenters. The van der Waals surface area contributed by atoms with Gasteiger partial charge in [0.15, 0.2) is 11.5 Å². The van der Waals surface area contributed by atoms with Crippen LogP contribution in [0.3, 0.4) is 0 Å². The Balaban J connectivity index is 1.40. The number of carbonyl (C=O) groups is 1. The molecule has 1 amide bonds. The Hall–Kier alpha value is -2.24. The molecule has 0 aliphatic carbocycles. The number of carbonyl (C=O) groups excluding carboxylic acids is 1. The van der Waals surface area contributed by atoms with Crippen molar-refractivity contribution in [3.63, 3.8) is 0 Å². The van der Waals surface area contributed by atoms with Crippen LogP contribution in [0.15, 0.2) is 36.4 Å². The van der Waals surface area contributed by atoms with Crippen LogP contribution in [-0.4, -0.2) is 43.2 Å². The number of nitrogens with zero attached hydrogens (tertiary/aromatic N) is 1. The van der Waals surface area contributed by atoms with Gasteiger partial charge in [-0.15, -0.1) is 0 Å². The molecular formula is C22H25ClN2O3. The number of halogens is 1. The van der Waals surface area contributed by atoms with E-state index >= 15 is 0 Å². The fourth-order valence-electron chi connectivity index (χ4n) is 3.92. The van der Waals surface area contributed by atoms with Crippen molar-refractivity contribution >= 4 is 17.5 Å². The third-order valence-electron chi connectivity index (χ3n) is 5.51. The number of rotatable bonds is 5. The minimum absolute atomic E-state index is 0.144. The molecule has 6 heteroatoms. The molecule has 0 saturated heterocycles. The smallest absolute Gasteiger partial charge is 0.251 e. The molecule has 0 radical (unpaired) electrons. The van der Waals surface area contributed by atoms with Crippen molar-refractivity contribution in [2.75, 3.05) is 26.3 Å². The molecule has 5 nitrogen and oxygen atoms in total. The van der Waals surface area contributed by atoms with Gasteiger partial charge < -0.3 is 14.8 Å². The van der Waals surface area contributed by atoms with Crippen LogP contribution in [0.2, 0.25) is 5.02 Å². The largest absolute Gasteiger partial charge is 0.486 e. The van der Waals surface area contributed by atoms with Gasteiger partial charge in [-0.05, 0) is 36.1 Å². The van der Waals surface area contributed by atoms with Crippen LogP contribution >= 0.6 is 11.6 Å². The quantitative estimate of drug-likeness (QED) is 0.831. The summed E-state index contributed by atoms with van der Waals surface area (Å²) in [5, 5.41) is 3.47. The van der Waals surface area contributed by atoms with E-state index in [-0.39, 0.29) is 5.91 Å². The van der Waals surface area contributed by atoms with Crippen molar-refractivity contribution < 1.29 is 14.3 Å². The van der Waals surface area contributed by atoms with Crippen LogP contribution in [0.1, 0.15) is 34.8 Å². The third kappa shape index (κ3) is 3.96. The van der Waals surface area contributed by atoms with Crippen LogP contribution in [-0.2, 0) is 13.0 Å². The number of benzene rings is 2. The normalized spacial score (nSPS) is 16.9. The van der Waals surface area contributed by atoms with Crippen molar-refractivity contribution in [1.82, 2.24) is 10.2 Å². The predicted octanol–water partition coefficient (Wildman–Crippen LogP) is 3.68. The maximum Gasteiger partial charge on any atom is 0.251 e. The van der Waals surface area contributed by atoms with Crippen LogP contribution < -0.4 is 14.8 Å². The van der Waals surface area contributed by atoms with Crippen LogP contribution in [0, 0.1) is 0 Å². The lowest BCUT2D eigenvalue weighted by Crippen LogP contribution is -2.45. The first kappa shape index (κ1) is 19.1. The van der Waals surface area contributed by atoms with Gasteiger partial charge in [-0.2, -0.15) is 0 Å². The Morgan fingerprint density at radius 3 is 2.82 bits per heavy atom. The molecule has 2 aliphatic heterocycles. The lowest BCUT2D eigenvalue weighted by atomic mass is 9.98. The molecule has 1 N–H and O–H groups in total. The van der Waals surface area contributed by atoms with Crippen molar-refractivity contribution in [3.05, 3.63) is 58.1 Å². The summed E-state index contributed by atoms with van der Waals surface area (Å²) in [7, 11) is 0. The molecular weight excluding hydrogens is 376 g/mol. The molecule has 0 spiro atoms. The van der Waals surface area contributed by atoms with Gasteiger partial charge in [-0.1, -0.05) is 42.8 Å². The van der Waals surface area contributed by atoms with Gasteiger partial charge in [0.2, 0.25) is 0 Å². The molecule has 0 bridgehead atoms. The zero-order chi connectivity index (χ0) is 19.5. The molecule has 1 unspecified atom stereocenters. The van der Waals surface area contributed by atoms with Gasteiger partial charge in [0.05, 0.1) is 5.02 Å². The van der Waals surface area contributed by atoms with E-state index in [0.717, 1.165) is 25.9 Å². The average Bonchev–Trinajstić information content (AvgIpc) is 2.74. The van der Waals surface area contributed by atoms with E-state index in [4.69, 9.17) is 21.1 Å². The summed E-state index contributed by atoms with van der Waals surface area (Å²) in [5.41, 5.74) is 3.31. The highest BCUT2D eigenvalue weighted by Crippen LogP contribution is 2.38. The summed E-state index contributed by atoms with van der Waals surface area (Å²) < 4.78 is 11.1. The molecule has 2 aromatic rings.